The van der Waals surface area contributed by atoms with Crippen LogP contribution in [0.5, 0.6) is 5.75 Å². The molecule has 0 radical (unpaired) electrons. The van der Waals surface area contributed by atoms with Gasteiger partial charge >= 0.3 is 0 Å². The molecule has 23 heavy (non-hydrogen) atoms. The minimum absolute atomic E-state index is 0.0267. The molecular weight excluding hydrogens is 347 g/mol. The maximum atomic E-state index is 13.2. The molecule has 0 aliphatic rings. The highest BCUT2D eigenvalue weighted by atomic mass is 32.2. The summed E-state index contributed by atoms with van der Waals surface area (Å²) in [5, 5.41) is 5.06. The fraction of sp³-hybridized carbons (Fsp3) is 0.0769. The van der Waals surface area contributed by atoms with Crippen LogP contribution >= 0.6 is 0 Å². The van der Waals surface area contributed by atoms with E-state index in [0.717, 1.165) is 18.2 Å². The summed E-state index contributed by atoms with van der Waals surface area (Å²) in [7, 11) is -6.95. The first kappa shape index (κ1) is 17.2. The number of rotatable bonds is 5. The Kier molecular flexibility index (Phi) is 4.59. The van der Waals surface area contributed by atoms with Gasteiger partial charge in [-0.05, 0) is 36.4 Å². The van der Waals surface area contributed by atoms with Crippen LogP contribution in [0.15, 0.2) is 52.3 Å². The van der Waals surface area contributed by atoms with Gasteiger partial charge in [0, 0.05) is 0 Å². The van der Waals surface area contributed by atoms with Gasteiger partial charge in [-0.15, -0.1) is 0 Å². The molecule has 124 valence electrons. The average Bonchev–Trinajstić information content (AvgIpc) is 2.46. The van der Waals surface area contributed by atoms with Crippen molar-refractivity contribution in [2.75, 3.05) is 11.8 Å². The summed E-state index contributed by atoms with van der Waals surface area (Å²) in [5.41, 5.74) is -0.0564. The summed E-state index contributed by atoms with van der Waals surface area (Å²) < 4.78 is 67.6. The molecule has 0 amide bonds. The number of anilines is 1. The Labute approximate surface area is 133 Å². The Balaban J connectivity index is 2.44. The van der Waals surface area contributed by atoms with Crippen molar-refractivity contribution < 1.29 is 26.0 Å². The third-order valence-electron chi connectivity index (χ3n) is 2.83. The topological polar surface area (TPSA) is 116 Å². The summed E-state index contributed by atoms with van der Waals surface area (Å²) in [6.45, 7) is 0. The molecule has 0 heterocycles. The number of nitrogens with one attached hydrogen (secondary N) is 1. The largest absolute Gasteiger partial charge is 0.495 e. The highest BCUT2D eigenvalue weighted by Gasteiger charge is 2.19. The Morgan fingerprint density at radius 2 is 1.78 bits per heavy atom. The van der Waals surface area contributed by atoms with Crippen LogP contribution in [0.3, 0.4) is 0 Å². The molecule has 0 aliphatic carbocycles. The third-order valence-corrected chi connectivity index (χ3v) is 5.14. The van der Waals surface area contributed by atoms with Crippen molar-refractivity contribution in [3.05, 3.63) is 48.3 Å². The predicted octanol–water partition coefficient (Wildman–Crippen LogP) is 1.28. The molecule has 2 rings (SSSR count). The van der Waals surface area contributed by atoms with E-state index in [1.807, 2.05) is 0 Å². The molecule has 0 saturated carbocycles. The number of sulfonamides is 2. The summed E-state index contributed by atoms with van der Waals surface area (Å²) in [4.78, 5) is -0.676. The van der Waals surface area contributed by atoms with E-state index in [1.54, 1.807) is 0 Å². The highest BCUT2D eigenvalue weighted by Crippen LogP contribution is 2.27. The molecule has 0 aromatic heterocycles. The Morgan fingerprint density at radius 3 is 2.35 bits per heavy atom. The quantitative estimate of drug-likeness (QED) is 0.833. The first-order valence-electron chi connectivity index (χ1n) is 6.13. The molecule has 10 heteroatoms. The van der Waals surface area contributed by atoms with Gasteiger partial charge in [0.1, 0.15) is 16.5 Å². The number of ether oxygens (including phenoxy) is 1. The van der Waals surface area contributed by atoms with Crippen LogP contribution in [-0.2, 0) is 20.0 Å². The lowest BCUT2D eigenvalue weighted by Gasteiger charge is -2.11. The standard InChI is InChI=1S/C13H13FN2O5S2/c1-21-12-6-5-10(8-13(12)22(15,17)18)16-23(19,20)11-4-2-3-9(14)7-11/h2-8,16H,1H3,(H2,15,17,18). The molecular formula is C13H13FN2O5S2. The summed E-state index contributed by atoms with van der Waals surface area (Å²) in [5.74, 6) is -0.742. The van der Waals surface area contributed by atoms with Crippen molar-refractivity contribution >= 4 is 25.7 Å². The number of benzene rings is 2. The summed E-state index contributed by atoms with van der Waals surface area (Å²) >= 11 is 0. The first-order valence-corrected chi connectivity index (χ1v) is 9.15. The average molecular weight is 360 g/mol. The lowest BCUT2D eigenvalue weighted by molar-refractivity contribution is 0.403. The van der Waals surface area contributed by atoms with Gasteiger partial charge in [0.25, 0.3) is 10.0 Å². The van der Waals surface area contributed by atoms with Gasteiger partial charge in [-0.3, -0.25) is 4.72 Å². The second kappa shape index (κ2) is 6.14. The van der Waals surface area contributed by atoms with Crippen molar-refractivity contribution in [2.45, 2.75) is 9.79 Å². The first-order chi connectivity index (χ1) is 10.6. The van der Waals surface area contributed by atoms with E-state index in [-0.39, 0.29) is 21.2 Å². The zero-order valence-corrected chi connectivity index (χ0v) is 13.5. The minimum atomic E-state index is -4.11. The number of methoxy groups -OCH3 is 1. The Morgan fingerprint density at radius 1 is 1.09 bits per heavy atom. The summed E-state index contributed by atoms with van der Waals surface area (Å²) in [6, 6.07) is 7.96. The van der Waals surface area contributed by atoms with Crippen LogP contribution in [0, 0.1) is 5.82 Å². The smallest absolute Gasteiger partial charge is 0.261 e. The maximum absolute atomic E-state index is 13.2. The Hall–Kier alpha value is -2.17. The van der Waals surface area contributed by atoms with Crippen LogP contribution < -0.4 is 14.6 Å². The lowest BCUT2D eigenvalue weighted by Crippen LogP contribution is -2.16. The molecule has 0 unspecified atom stereocenters. The number of halogens is 1. The maximum Gasteiger partial charge on any atom is 0.261 e. The van der Waals surface area contributed by atoms with Crippen LogP contribution in [0.1, 0.15) is 0 Å². The van der Waals surface area contributed by atoms with Gasteiger partial charge in [-0.1, -0.05) is 6.07 Å². The van der Waals surface area contributed by atoms with Gasteiger partial charge in [-0.25, -0.2) is 26.4 Å². The van der Waals surface area contributed by atoms with Gasteiger partial charge < -0.3 is 4.74 Å². The number of nitrogens with two attached hydrogens (primary N) is 1. The van der Waals surface area contributed by atoms with Crippen LogP contribution in [0.25, 0.3) is 0 Å². The van der Waals surface area contributed by atoms with Crippen molar-refractivity contribution in [3.63, 3.8) is 0 Å². The second-order valence-corrected chi connectivity index (χ2v) is 7.69. The van der Waals surface area contributed by atoms with E-state index >= 15 is 0 Å². The molecule has 0 atom stereocenters. The van der Waals surface area contributed by atoms with Crippen molar-refractivity contribution in [1.82, 2.24) is 0 Å². The third kappa shape index (κ3) is 3.97. The van der Waals surface area contributed by atoms with Gasteiger partial charge in [-0.2, -0.15) is 0 Å². The molecule has 7 nitrogen and oxygen atoms in total. The van der Waals surface area contributed by atoms with E-state index in [4.69, 9.17) is 9.88 Å². The number of hydrogen-bond donors (Lipinski definition) is 2. The minimum Gasteiger partial charge on any atom is -0.495 e. The van der Waals surface area contributed by atoms with Crippen molar-refractivity contribution in [2.24, 2.45) is 5.14 Å². The molecule has 2 aromatic carbocycles. The van der Waals surface area contributed by atoms with E-state index in [2.05, 4.69) is 4.72 Å². The van der Waals surface area contributed by atoms with Gasteiger partial charge in [0.05, 0.1) is 17.7 Å². The number of primary sulfonamides is 1. The highest BCUT2D eigenvalue weighted by molar-refractivity contribution is 7.92. The molecule has 0 bridgehead atoms. The molecule has 0 saturated heterocycles. The van der Waals surface area contributed by atoms with Crippen molar-refractivity contribution in [1.29, 1.82) is 0 Å². The van der Waals surface area contributed by atoms with Gasteiger partial charge in [0.2, 0.25) is 10.0 Å². The molecule has 0 fully saturated rings. The van der Waals surface area contributed by atoms with Crippen LogP contribution in [0.4, 0.5) is 10.1 Å². The zero-order chi connectivity index (χ0) is 17.3. The normalized spacial score (nSPS) is 12.0. The fourth-order valence-corrected chi connectivity index (χ4v) is 3.61. The molecule has 0 aliphatic heterocycles. The SMILES string of the molecule is COc1ccc(NS(=O)(=O)c2cccc(F)c2)cc1S(N)(=O)=O. The second-order valence-electron chi connectivity index (χ2n) is 4.47. The molecule has 2 aromatic rings. The fourth-order valence-electron chi connectivity index (χ4n) is 1.81. The van der Waals surface area contributed by atoms with E-state index in [1.165, 1.54) is 31.4 Å². The van der Waals surface area contributed by atoms with E-state index < -0.39 is 25.9 Å². The lowest BCUT2D eigenvalue weighted by atomic mass is 10.3. The number of hydrogen-bond acceptors (Lipinski definition) is 5. The van der Waals surface area contributed by atoms with E-state index in [0.29, 0.717) is 0 Å². The van der Waals surface area contributed by atoms with Gasteiger partial charge in [0.15, 0.2) is 0 Å². The monoisotopic (exact) mass is 360 g/mol. The summed E-state index contributed by atoms with van der Waals surface area (Å²) in [6.07, 6.45) is 0. The van der Waals surface area contributed by atoms with Crippen LogP contribution in [0.2, 0.25) is 0 Å². The molecule has 3 N–H and O–H groups in total. The molecule has 0 spiro atoms. The van der Waals surface area contributed by atoms with Crippen molar-refractivity contribution in [3.8, 4) is 5.75 Å². The van der Waals surface area contributed by atoms with E-state index in [9.17, 15) is 21.2 Å². The Bertz CT molecular complexity index is 943. The predicted molar refractivity (Wildman–Crippen MR) is 81.6 cm³/mol. The van der Waals surface area contributed by atoms with Crippen LogP contribution in [-0.4, -0.2) is 23.9 Å². The zero-order valence-electron chi connectivity index (χ0n) is 11.9.